The molecule has 0 amide bonds. The van der Waals surface area contributed by atoms with Crippen LogP contribution in [0.2, 0.25) is 0 Å². The van der Waals surface area contributed by atoms with E-state index in [9.17, 15) is 9.59 Å². The second-order valence-electron chi connectivity index (χ2n) is 8.03. The molecule has 1 aromatic carbocycles. The van der Waals surface area contributed by atoms with Crippen molar-refractivity contribution in [1.29, 1.82) is 0 Å². The Morgan fingerprint density at radius 2 is 2.03 bits per heavy atom. The summed E-state index contributed by atoms with van der Waals surface area (Å²) in [5.41, 5.74) is 8.23. The number of anilines is 1. The minimum atomic E-state index is -0.869. The van der Waals surface area contributed by atoms with Gasteiger partial charge < -0.3 is 25.3 Å². The van der Waals surface area contributed by atoms with Crippen LogP contribution in [-0.4, -0.2) is 68.9 Å². The van der Waals surface area contributed by atoms with Gasteiger partial charge in [-0.25, -0.2) is 4.79 Å². The van der Waals surface area contributed by atoms with Crippen molar-refractivity contribution in [2.45, 2.75) is 39.3 Å². The van der Waals surface area contributed by atoms with E-state index in [1.165, 1.54) is 4.57 Å². The van der Waals surface area contributed by atoms with Crippen LogP contribution >= 0.6 is 0 Å². The second-order valence-corrected chi connectivity index (χ2v) is 8.03. The molecule has 0 fully saturated rings. The minimum absolute atomic E-state index is 0.0273. The first-order valence-electron chi connectivity index (χ1n) is 11.3. The van der Waals surface area contributed by atoms with Crippen molar-refractivity contribution in [1.82, 2.24) is 24.4 Å². The third-order valence-electron chi connectivity index (χ3n) is 5.36. The number of benzene rings is 1. The first-order chi connectivity index (χ1) is 16.4. The van der Waals surface area contributed by atoms with Crippen molar-refractivity contribution in [3.8, 4) is 6.01 Å². The highest BCUT2D eigenvalue weighted by Gasteiger charge is 2.16. The molecule has 34 heavy (non-hydrogen) atoms. The number of rotatable bonds is 14. The molecule has 0 spiro atoms. The molecule has 4 N–H and O–H groups in total. The predicted molar refractivity (Wildman–Crippen MR) is 128 cm³/mol. The zero-order valence-corrected chi connectivity index (χ0v) is 19.6. The Kier molecular flexibility index (Phi) is 9.00. The van der Waals surface area contributed by atoms with Crippen LogP contribution in [0.3, 0.4) is 0 Å². The summed E-state index contributed by atoms with van der Waals surface area (Å²) in [6.07, 6.45) is 1.81. The maximum absolute atomic E-state index is 12.6. The Morgan fingerprint density at radius 1 is 1.24 bits per heavy atom. The van der Waals surface area contributed by atoms with Crippen molar-refractivity contribution >= 4 is 23.0 Å². The van der Waals surface area contributed by atoms with Gasteiger partial charge in [-0.15, -0.1) is 0 Å². The van der Waals surface area contributed by atoms with E-state index < -0.39 is 5.97 Å². The average molecular weight is 473 g/mol. The number of nitrogens with one attached hydrogen (secondary N) is 1. The summed E-state index contributed by atoms with van der Waals surface area (Å²) >= 11 is 0. The summed E-state index contributed by atoms with van der Waals surface area (Å²) in [6, 6.07) is 7.65. The number of aromatic amines is 1. The number of H-pyrrole nitrogens is 1. The minimum Gasteiger partial charge on any atom is -0.481 e. The van der Waals surface area contributed by atoms with E-state index in [-0.39, 0.29) is 23.9 Å². The first-order valence-corrected chi connectivity index (χ1v) is 11.3. The van der Waals surface area contributed by atoms with Crippen LogP contribution in [-0.2, 0) is 29.0 Å². The molecule has 184 valence electrons. The molecular formula is C23H32N6O5. The third kappa shape index (κ3) is 6.78. The summed E-state index contributed by atoms with van der Waals surface area (Å²) in [5.74, 6) is -0.703. The lowest BCUT2D eigenvalue weighted by molar-refractivity contribution is -0.136. The van der Waals surface area contributed by atoms with Crippen LogP contribution in [0.5, 0.6) is 6.01 Å². The molecule has 0 radical (unpaired) electrons. The molecule has 11 nitrogen and oxygen atoms in total. The van der Waals surface area contributed by atoms with E-state index in [4.69, 9.17) is 20.3 Å². The van der Waals surface area contributed by atoms with Gasteiger partial charge in [-0.3, -0.25) is 14.3 Å². The van der Waals surface area contributed by atoms with E-state index in [1.54, 1.807) is 13.2 Å². The Bertz CT molecular complexity index is 1160. The molecular weight excluding hydrogens is 440 g/mol. The summed E-state index contributed by atoms with van der Waals surface area (Å²) in [6.45, 7) is 5.17. The third-order valence-corrected chi connectivity index (χ3v) is 5.36. The molecule has 0 aliphatic heterocycles. The zero-order valence-electron chi connectivity index (χ0n) is 19.6. The number of hydrogen-bond acceptors (Lipinski definition) is 8. The Hall–Kier alpha value is -3.44. The maximum Gasteiger partial charge on any atom is 0.327 e. The molecule has 0 saturated heterocycles. The number of methoxy groups -OCH3 is 1. The molecule has 0 unspecified atom stereocenters. The summed E-state index contributed by atoms with van der Waals surface area (Å²) in [4.78, 5) is 37.1. The number of carboxylic acid groups (broad SMARTS) is 1. The highest BCUT2D eigenvalue weighted by molar-refractivity contribution is 5.81. The zero-order chi connectivity index (χ0) is 24.5. The molecule has 11 heteroatoms. The first kappa shape index (κ1) is 25.2. The van der Waals surface area contributed by atoms with Crippen molar-refractivity contribution in [2.75, 3.05) is 39.1 Å². The second kappa shape index (κ2) is 12.1. The highest BCUT2D eigenvalue weighted by Crippen LogP contribution is 2.18. The van der Waals surface area contributed by atoms with E-state index in [2.05, 4.69) is 26.8 Å². The van der Waals surface area contributed by atoms with Crippen LogP contribution < -0.4 is 16.2 Å². The lowest BCUT2D eigenvalue weighted by Gasteiger charge is -2.22. The van der Waals surface area contributed by atoms with Crippen molar-refractivity contribution in [3.05, 3.63) is 45.9 Å². The lowest BCUT2D eigenvalue weighted by Crippen LogP contribution is -2.32. The maximum atomic E-state index is 12.6. The van der Waals surface area contributed by atoms with Crippen molar-refractivity contribution < 1.29 is 19.4 Å². The number of aromatic nitrogens is 4. The van der Waals surface area contributed by atoms with E-state index in [1.807, 2.05) is 18.2 Å². The molecule has 0 aliphatic rings. The SMILES string of the molecule is CCCCOc1nc(N)c2[nH]c(=O)n(CCN(CCOC)Cc3cccc(CC(=O)O)c3)c2n1. The van der Waals surface area contributed by atoms with Crippen LogP contribution in [0.1, 0.15) is 30.9 Å². The van der Waals surface area contributed by atoms with Gasteiger partial charge in [0.05, 0.1) is 19.6 Å². The number of hydrogen-bond donors (Lipinski definition) is 3. The van der Waals surface area contributed by atoms with Crippen molar-refractivity contribution in [2.24, 2.45) is 0 Å². The largest absolute Gasteiger partial charge is 0.481 e. The van der Waals surface area contributed by atoms with Crippen molar-refractivity contribution in [3.63, 3.8) is 0 Å². The van der Waals surface area contributed by atoms with Gasteiger partial charge in [-0.05, 0) is 17.5 Å². The Balaban J connectivity index is 1.78. The number of nitrogens with zero attached hydrogens (tertiary/aromatic N) is 4. The Labute approximate surface area is 197 Å². The monoisotopic (exact) mass is 472 g/mol. The molecule has 3 aromatic rings. The van der Waals surface area contributed by atoms with Crippen LogP contribution in [0, 0.1) is 0 Å². The number of nitrogen functional groups attached to an aromatic ring is 1. The van der Waals surface area contributed by atoms with Crippen LogP contribution in [0.15, 0.2) is 29.1 Å². The van der Waals surface area contributed by atoms with Gasteiger partial charge in [0.15, 0.2) is 11.5 Å². The molecule has 0 atom stereocenters. The topological polar surface area (TPSA) is 149 Å². The smallest absolute Gasteiger partial charge is 0.327 e. The summed E-state index contributed by atoms with van der Waals surface area (Å²) < 4.78 is 12.4. The predicted octanol–water partition coefficient (Wildman–Crippen LogP) is 1.66. The summed E-state index contributed by atoms with van der Waals surface area (Å²) in [5, 5.41) is 9.07. The number of fused-ring (bicyclic) bond motifs is 1. The quantitative estimate of drug-likeness (QED) is 0.298. The van der Waals surface area contributed by atoms with Gasteiger partial charge in [0.25, 0.3) is 0 Å². The molecule has 2 heterocycles. The van der Waals surface area contributed by atoms with E-state index in [0.29, 0.717) is 50.6 Å². The lowest BCUT2D eigenvalue weighted by atomic mass is 10.1. The number of unbranched alkanes of at least 4 members (excludes halogenated alkanes) is 1. The van der Waals surface area contributed by atoms with Crippen LogP contribution in [0.4, 0.5) is 5.82 Å². The Morgan fingerprint density at radius 3 is 2.76 bits per heavy atom. The fraction of sp³-hybridized carbons (Fsp3) is 0.478. The van der Waals surface area contributed by atoms with Gasteiger partial charge in [0.2, 0.25) is 0 Å². The number of ether oxygens (including phenoxy) is 2. The number of carbonyl (C=O) groups is 1. The summed E-state index contributed by atoms with van der Waals surface area (Å²) in [7, 11) is 1.63. The highest BCUT2D eigenvalue weighted by atomic mass is 16.5. The standard InChI is InChI=1S/C23H32N6O5/c1-3-4-11-34-22-26-20(24)19-21(27-22)29(23(32)25-19)9-8-28(10-12-33-2)15-17-7-5-6-16(13-17)14-18(30)31/h5-7,13H,3-4,8-12,14-15H2,1-2H3,(H,25,32)(H,30,31)(H2,24,26,27). The number of aliphatic carboxylic acids is 1. The van der Waals surface area contributed by atoms with Gasteiger partial charge in [-0.1, -0.05) is 37.6 Å². The van der Waals surface area contributed by atoms with Gasteiger partial charge in [0, 0.05) is 33.3 Å². The number of imidazole rings is 1. The van der Waals surface area contributed by atoms with Gasteiger partial charge in [-0.2, -0.15) is 9.97 Å². The fourth-order valence-corrected chi connectivity index (χ4v) is 3.61. The molecule has 0 bridgehead atoms. The fourth-order valence-electron chi connectivity index (χ4n) is 3.61. The van der Waals surface area contributed by atoms with E-state index >= 15 is 0 Å². The van der Waals surface area contributed by atoms with Crippen LogP contribution in [0.25, 0.3) is 11.2 Å². The number of nitrogens with two attached hydrogens (primary N) is 1. The molecule has 2 aromatic heterocycles. The van der Waals surface area contributed by atoms with E-state index in [0.717, 1.165) is 24.0 Å². The van der Waals surface area contributed by atoms with Gasteiger partial charge in [0.1, 0.15) is 5.52 Å². The number of carboxylic acids is 1. The molecule has 3 rings (SSSR count). The molecule has 0 aliphatic carbocycles. The van der Waals surface area contributed by atoms with Gasteiger partial charge >= 0.3 is 17.7 Å². The molecule has 0 saturated carbocycles. The normalized spacial score (nSPS) is 11.4. The average Bonchev–Trinajstić information content (AvgIpc) is 3.11.